The summed E-state index contributed by atoms with van der Waals surface area (Å²) in [5.41, 5.74) is 0. The first-order chi connectivity index (χ1) is 10.8. The summed E-state index contributed by atoms with van der Waals surface area (Å²) in [7, 11) is 0. The van der Waals surface area contributed by atoms with Gasteiger partial charge in [0.15, 0.2) is 5.82 Å². The molecule has 1 unspecified atom stereocenters. The number of hydrogen-bond acceptors (Lipinski definition) is 5. The first kappa shape index (κ1) is 15.2. The van der Waals surface area contributed by atoms with Crippen molar-refractivity contribution in [1.29, 1.82) is 0 Å². The van der Waals surface area contributed by atoms with Gasteiger partial charge in [0.25, 0.3) is 0 Å². The van der Waals surface area contributed by atoms with Crippen LogP contribution in [0.3, 0.4) is 0 Å². The molecule has 0 aliphatic carbocycles. The topological polar surface area (TPSA) is 59.2 Å². The van der Waals surface area contributed by atoms with Gasteiger partial charge in [0.2, 0.25) is 11.8 Å². The molecule has 2 aromatic rings. The van der Waals surface area contributed by atoms with Crippen molar-refractivity contribution in [3.8, 4) is 0 Å². The number of hydrogen-bond donors (Lipinski definition) is 0. The highest BCUT2D eigenvalue weighted by atomic mass is 32.1. The Morgan fingerprint density at radius 3 is 3.23 bits per heavy atom. The average Bonchev–Trinajstić information content (AvgIpc) is 3.19. The van der Waals surface area contributed by atoms with Crippen LogP contribution in [-0.4, -0.2) is 34.0 Å². The van der Waals surface area contributed by atoms with Crippen LogP contribution in [0, 0.1) is 0 Å². The second-order valence-corrected chi connectivity index (χ2v) is 6.77. The Kier molecular flexibility index (Phi) is 4.87. The van der Waals surface area contributed by atoms with Crippen molar-refractivity contribution < 1.29 is 9.32 Å². The summed E-state index contributed by atoms with van der Waals surface area (Å²) in [6.45, 7) is 3.62. The molecule has 0 aromatic carbocycles. The van der Waals surface area contributed by atoms with Crippen molar-refractivity contribution >= 4 is 17.2 Å². The number of carbonyl (C=O) groups is 1. The summed E-state index contributed by atoms with van der Waals surface area (Å²) in [5, 5.41) is 6.03. The Labute approximate surface area is 134 Å². The lowest BCUT2D eigenvalue weighted by Gasteiger charge is -2.31. The van der Waals surface area contributed by atoms with Crippen molar-refractivity contribution in [3.63, 3.8) is 0 Å². The summed E-state index contributed by atoms with van der Waals surface area (Å²) < 4.78 is 5.39. The molecule has 1 aliphatic heterocycles. The molecule has 3 heterocycles. The van der Waals surface area contributed by atoms with Crippen molar-refractivity contribution in [2.45, 2.75) is 44.9 Å². The minimum atomic E-state index is 0.180. The minimum absolute atomic E-state index is 0.180. The Morgan fingerprint density at radius 2 is 2.45 bits per heavy atom. The minimum Gasteiger partial charge on any atom is -0.342 e. The quantitative estimate of drug-likeness (QED) is 0.850. The molecule has 6 heteroatoms. The number of thiophene rings is 1. The summed E-state index contributed by atoms with van der Waals surface area (Å²) in [5.74, 6) is 1.84. The maximum Gasteiger partial charge on any atom is 0.231 e. The number of amides is 1. The van der Waals surface area contributed by atoms with Crippen molar-refractivity contribution in [2.24, 2.45) is 0 Å². The number of aryl methyl sites for hydroxylation is 1. The molecule has 0 N–H and O–H groups in total. The highest BCUT2D eigenvalue weighted by molar-refractivity contribution is 7.10. The average molecular weight is 319 g/mol. The van der Waals surface area contributed by atoms with Crippen LogP contribution < -0.4 is 0 Å². The number of aromatic nitrogens is 2. The van der Waals surface area contributed by atoms with Crippen LogP contribution in [0.5, 0.6) is 0 Å². The first-order valence-electron chi connectivity index (χ1n) is 7.89. The Morgan fingerprint density at radius 1 is 1.55 bits per heavy atom. The number of nitrogens with zero attached hydrogens (tertiary/aromatic N) is 3. The predicted octanol–water partition coefficient (Wildman–Crippen LogP) is 3.03. The molecule has 0 radical (unpaired) electrons. The molecule has 2 aromatic heterocycles. The van der Waals surface area contributed by atoms with Gasteiger partial charge in [-0.1, -0.05) is 18.1 Å². The molecule has 118 valence electrons. The second-order valence-electron chi connectivity index (χ2n) is 5.73. The molecule has 1 atom stereocenters. The third kappa shape index (κ3) is 3.55. The summed E-state index contributed by atoms with van der Waals surface area (Å²) in [6, 6.07) is 4.00. The lowest BCUT2D eigenvalue weighted by Crippen LogP contribution is -2.39. The van der Waals surface area contributed by atoms with Crippen LogP contribution in [0.2, 0.25) is 0 Å². The number of carbonyl (C=O) groups excluding carboxylic acids is 1. The highest BCUT2D eigenvalue weighted by Gasteiger charge is 2.28. The predicted molar refractivity (Wildman–Crippen MR) is 84.9 cm³/mol. The van der Waals surface area contributed by atoms with Gasteiger partial charge in [-0.25, -0.2) is 0 Å². The molecule has 0 bridgehead atoms. The van der Waals surface area contributed by atoms with Crippen molar-refractivity contribution in [2.75, 3.05) is 13.1 Å². The standard InChI is InChI=1S/C16H21N3O2S/c1-2-5-14-17-16(21-18-14)12-6-3-8-19(11-12)15(20)10-13-7-4-9-22-13/h4,7,9,12H,2-3,5-6,8,10-11H2,1H3. The maximum absolute atomic E-state index is 12.4. The molecule has 1 saturated heterocycles. The highest BCUT2D eigenvalue weighted by Crippen LogP contribution is 2.26. The second kappa shape index (κ2) is 7.05. The molecule has 1 aliphatic rings. The lowest BCUT2D eigenvalue weighted by atomic mass is 9.97. The van der Waals surface area contributed by atoms with E-state index in [1.165, 1.54) is 0 Å². The maximum atomic E-state index is 12.4. The molecule has 1 fully saturated rings. The van der Waals surface area contributed by atoms with E-state index in [1.807, 2.05) is 22.4 Å². The van der Waals surface area contributed by atoms with E-state index in [0.717, 1.165) is 42.9 Å². The Bertz CT molecular complexity index is 609. The lowest BCUT2D eigenvalue weighted by molar-refractivity contribution is -0.131. The summed E-state index contributed by atoms with van der Waals surface area (Å²) in [6.07, 6.45) is 4.35. The van der Waals surface area contributed by atoms with Gasteiger partial charge in [-0.2, -0.15) is 4.98 Å². The molecule has 1 amide bonds. The van der Waals surface area contributed by atoms with Gasteiger partial charge in [0.05, 0.1) is 12.3 Å². The Hall–Kier alpha value is -1.69. The molecule has 3 rings (SSSR count). The molecule has 0 saturated carbocycles. The molecule has 5 nitrogen and oxygen atoms in total. The fourth-order valence-corrected chi connectivity index (χ4v) is 3.53. The van der Waals surface area contributed by atoms with E-state index in [9.17, 15) is 4.79 Å². The third-order valence-corrected chi connectivity index (χ3v) is 4.86. The van der Waals surface area contributed by atoms with Crippen LogP contribution in [0.4, 0.5) is 0 Å². The van der Waals surface area contributed by atoms with Gasteiger partial charge < -0.3 is 9.42 Å². The largest absolute Gasteiger partial charge is 0.342 e. The molecular formula is C16H21N3O2S. The number of likely N-dealkylation sites (tertiary alicyclic amines) is 1. The smallest absolute Gasteiger partial charge is 0.231 e. The number of rotatable bonds is 5. The van der Waals surface area contributed by atoms with Gasteiger partial charge in [-0.3, -0.25) is 4.79 Å². The van der Waals surface area contributed by atoms with Gasteiger partial charge in [-0.15, -0.1) is 11.3 Å². The van der Waals surface area contributed by atoms with Crippen LogP contribution >= 0.6 is 11.3 Å². The van der Waals surface area contributed by atoms with Gasteiger partial charge in [0.1, 0.15) is 0 Å². The van der Waals surface area contributed by atoms with Crippen LogP contribution in [0.15, 0.2) is 22.0 Å². The summed E-state index contributed by atoms with van der Waals surface area (Å²) >= 11 is 1.63. The van der Waals surface area contributed by atoms with Crippen LogP contribution in [0.1, 0.15) is 48.7 Å². The SMILES string of the molecule is CCCc1noc(C2CCCN(C(=O)Cc3cccs3)C2)n1. The van der Waals surface area contributed by atoms with E-state index in [1.54, 1.807) is 11.3 Å². The summed E-state index contributed by atoms with van der Waals surface area (Å²) in [4.78, 5) is 20.0. The van der Waals surface area contributed by atoms with Crippen molar-refractivity contribution in [1.82, 2.24) is 15.0 Å². The van der Waals surface area contributed by atoms with E-state index in [4.69, 9.17) is 4.52 Å². The van der Waals surface area contributed by atoms with Gasteiger partial charge in [0, 0.05) is 24.4 Å². The molecule has 22 heavy (non-hydrogen) atoms. The zero-order chi connectivity index (χ0) is 15.4. The van der Waals surface area contributed by atoms with Gasteiger partial charge >= 0.3 is 0 Å². The first-order valence-corrected chi connectivity index (χ1v) is 8.77. The third-order valence-electron chi connectivity index (χ3n) is 3.99. The normalized spacial score (nSPS) is 18.6. The number of piperidine rings is 1. The van der Waals surface area contributed by atoms with Crippen LogP contribution in [-0.2, 0) is 17.6 Å². The van der Waals surface area contributed by atoms with E-state index < -0.39 is 0 Å². The van der Waals surface area contributed by atoms with E-state index in [2.05, 4.69) is 17.1 Å². The van der Waals surface area contributed by atoms with E-state index >= 15 is 0 Å². The monoisotopic (exact) mass is 319 g/mol. The van der Waals surface area contributed by atoms with E-state index in [-0.39, 0.29) is 11.8 Å². The molecular weight excluding hydrogens is 298 g/mol. The zero-order valence-corrected chi connectivity index (χ0v) is 13.6. The van der Waals surface area contributed by atoms with Gasteiger partial charge in [-0.05, 0) is 30.7 Å². The fourth-order valence-electron chi connectivity index (χ4n) is 2.84. The van der Waals surface area contributed by atoms with E-state index in [0.29, 0.717) is 18.9 Å². The van der Waals surface area contributed by atoms with Crippen LogP contribution in [0.25, 0.3) is 0 Å². The zero-order valence-electron chi connectivity index (χ0n) is 12.8. The fraction of sp³-hybridized carbons (Fsp3) is 0.562. The molecule has 0 spiro atoms. The Balaban J connectivity index is 1.61. The van der Waals surface area contributed by atoms with Crippen molar-refractivity contribution in [3.05, 3.63) is 34.1 Å².